The number of carbonyl (C=O) groups is 2. The number of carboxylic acid groups (broad SMARTS) is 1. The maximum absolute atomic E-state index is 11.5. The van der Waals surface area contributed by atoms with Crippen molar-refractivity contribution >= 4 is 22.1 Å². The van der Waals surface area contributed by atoms with Crippen molar-refractivity contribution in [2.75, 3.05) is 6.61 Å². The Morgan fingerprint density at radius 2 is 1.35 bits per heavy atom. The Morgan fingerprint density at radius 1 is 0.923 bits per heavy atom. The fraction of sp³-hybridized carbons (Fsp3) is 0.875. The van der Waals surface area contributed by atoms with Crippen LogP contribution in [0.5, 0.6) is 0 Å². The Morgan fingerprint density at radius 3 is 1.73 bits per heavy atom. The van der Waals surface area contributed by atoms with Crippen LogP contribution >= 0.6 is 0 Å². The molecule has 0 aliphatic carbocycles. The fourth-order valence-electron chi connectivity index (χ4n) is 2.32. The van der Waals surface area contributed by atoms with Gasteiger partial charge in [0, 0.05) is 12.4 Å². The molecule has 1 N–H and O–H groups in total. The van der Waals surface area contributed by atoms with E-state index >= 15 is 0 Å². The van der Waals surface area contributed by atoms with Crippen LogP contribution in [0.25, 0.3) is 0 Å². The third-order valence-electron chi connectivity index (χ3n) is 3.72. The van der Waals surface area contributed by atoms with Gasteiger partial charge < -0.3 is 14.6 Å². The van der Waals surface area contributed by atoms with Crippen LogP contribution in [0.2, 0.25) is 0 Å². The smallest absolute Gasteiger partial charge is 0.550 e. The summed E-state index contributed by atoms with van der Waals surface area (Å²) in [5.41, 5.74) is 0. The first-order chi connectivity index (χ1) is 11.3. The third-order valence-corrected chi connectivity index (χ3v) is 4.79. The second-order valence-corrected chi connectivity index (χ2v) is 7.53. The minimum atomic E-state index is -4.82. The molecule has 0 heterocycles. The number of carbonyl (C=O) groups excluding carboxylic acids is 2. The van der Waals surface area contributed by atoms with Crippen LogP contribution in [0.1, 0.15) is 77.6 Å². The number of ether oxygens (including phenoxy) is 1. The van der Waals surface area contributed by atoms with E-state index in [1.54, 1.807) is 0 Å². The van der Waals surface area contributed by atoms with E-state index in [-0.39, 0.29) is 65.7 Å². The SMILES string of the molecule is CCCCCCCCCCCCOC(=O)C(CC(=O)[O-])S(=O)(=O)O.[Na+].[Na+]. The molecule has 0 saturated heterocycles. The molecule has 0 aliphatic heterocycles. The van der Waals surface area contributed by atoms with Crippen molar-refractivity contribution in [3.63, 3.8) is 0 Å². The molecule has 0 rings (SSSR count). The molecule has 0 fully saturated rings. The van der Waals surface area contributed by atoms with Gasteiger partial charge in [0.1, 0.15) is 0 Å². The Bertz CT molecular complexity index is 469. The molecule has 10 heteroatoms. The zero-order valence-electron chi connectivity index (χ0n) is 16.4. The number of hydrogen-bond acceptors (Lipinski definition) is 6. The van der Waals surface area contributed by atoms with Gasteiger partial charge in [0.25, 0.3) is 10.1 Å². The van der Waals surface area contributed by atoms with Gasteiger partial charge >= 0.3 is 65.1 Å². The van der Waals surface area contributed by atoms with E-state index in [0.29, 0.717) is 6.42 Å². The maximum atomic E-state index is 11.5. The van der Waals surface area contributed by atoms with Crippen molar-refractivity contribution in [1.82, 2.24) is 0 Å². The van der Waals surface area contributed by atoms with Crippen LogP contribution in [0.15, 0.2) is 0 Å². The Hall–Kier alpha value is 0.850. The van der Waals surface area contributed by atoms with Crippen molar-refractivity contribution in [2.45, 2.75) is 82.8 Å². The molecule has 26 heavy (non-hydrogen) atoms. The van der Waals surface area contributed by atoms with Crippen molar-refractivity contribution in [3.8, 4) is 0 Å². The van der Waals surface area contributed by atoms with Gasteiger partial charge in [-0.25, -0.2) is 0 Å². The van der Waals surface area contributed by atoms with Gasteiger partial charge in [0.05, 0.1) is 6.61 Å². The summed E-state index contributed by atoms with van der Waals surface area (Å²) < 4.78 is 35.5. The molecule has 0 spiro atoms. The molecule has 0 aromatic rings. The van der Waals surface area contributed by atoms with Crippen molar-refractivity contribution < 1.29 is 91.5 Å². The quantitative estimate of drug-likeness (QED) is 0.126. The molecular formula is C16H29Na2O7S+. The van der Waals surface area contributed by atoms with Crippen LogP contribution in [0.4, 0.5) is 0 Å². The van der Waals surface area contributed by atoms with Gasteiger partial charge in [0.15, 0.2) is 5.25 Å². The van der Waals surface area contributed by atoms with E-state index < -0.39 is 33.7 Å². The number of aliphatic carboxylic acids is 1. The van der Waals surface area contributed by atoms with Gasteiger partial charge in [0.2, 0.25) is 0 Å². The standard InChI is InChI=1S/C16H30O7S.2Na/c1-2-3-4-5-6-7-8-9-10-11-12-23-16(19)14(13-15(17)18)24(20,21)22;;/h14H,2-13H2,1H3,(H,17,18)(H,20,21,22);;/q;2*+1/p-1. The van der Waals surface area contributed by atoms with Crippen LogP contribution in [-0.2, 0) is 24.4 Å². The van der Waals surface area contributed by atoms with E-state index in [9.17, 15) is 23.1 Å². The molecule has 1 atom stereocenters. The van der Waals surface area contributed by atoms with Gasteiger partial charge in [-0.1, -0.05) is 64.7 Å². The van der Waals surface area contributed by atoms with E-state index in [1.165, 1.54) is 38.5 Å². The van der Waals surface area contributed by atoms with E-state index in [0.717, 1.165) is 19.3 Å². The molecule has 1 unspecified atom stereocenters. The summed E-state index contributed by atoms with van der Waals surface area (Å²) in [5, 5.41) is 8.31. The minimum absolute atomic E-state index is 0. The van der Waals surface area contributed by atoms with Crippen molar-refractivity contribution in [3.05, 3.63) is 0 Å². The molecule has 0 radical (unpaired) electrons. The first-order valence-electron chi connectivity index (χ1n) is 8.61. The average Bonchev–Trinajstić information content (AvgIpc) is 2.48. The van der Waals surface area contributed by atoms with Crippen LogP contribution in [-0.4, -0.2) is 36.8 Å². The van der Waals surface area contributed by atoms with Crippen LogP contribution in [0, 0.1) is 0 Å². The van der Waals surface area contributed by atoms with Gasteiger partial charge in [-0.05, 0) is 6.42 Å². The average molecular weight is 411 g/mol. The molecule has 7 nitrogen and oxygen atoms in total. The van der Waals surface area contributed by atoms with Crippen molar-refractivity contribution in [2.24, 2.45) is 0 Å². The first kappa shape index (κ1) is 31.5. The predicted molar refractivity (Wildman–Crippen MR) is 87.8 cm³/mol. The fourth-order valence-corrected chi connectivity index (χ4v) is 2.97. The number of carboxylic acids is 1. The molecule has 0 saturated carbocycles. The summed E-state index contributed by atoms with van der Waals surface area (Å²) in [5.74, 6) is -2.99. The number of hydrogen-bond donors (Lipinski definition) is 1. The summed E-state index contributed by atoms with van der Waals surface area (Å²) in [6, 6.07) is 0. The van der Waals surface area contributed by atoms with Crippen molar-refractivity contribution in [1.29, 1.82) is 0 Å². The van der Waals surface area contributed by atoms with E-state index in [2.05, 4.69) is 6.92 Å². The minimum Gasteiger partial charge on any atom is -0.550 e. The third kappa shape index (κ3) is 18.2. The van der Waals surface area contributed by atoms with E-state index in [1.807, 2.05) is 0 Å². The molecule has 0 amide bonds. The van der Waals surface area contributed by atoms with Gasteiger partial charge in [-0.3, -0.25) is 9.35 Å². The first-order valence-corrected chi connectivity index (χ1v) is 10.1. The number of unbranched alkanes of at least 4 members (excludes halogenated alkanes) is 9. The summed E-state index contributed by atoms with van der Waals surface area (Å²) in [6.07, 6.45) is 9.90. The zero-order valence-corrected chi connectivity index (χ0v) is 21.2. The van der Waals surface area contributed by atoms with E-state index in [4.69, 9.17) is 9.29 Å². The topological polar surface area (TPSA) is 121 Å². The molecule has 142 valence electrons. The second-order valence-electron chi connectivity index (χ2n) is 5.93. The molecular weight excluding hydrogens is 382 g/mol. The van der Waals surface area contributed by atoms with Gasteiger partial charge in [-0.15, -0.1) is 0 Å². The number of rotatable bonds is 15. The Labute approximate surface area is 201 Å². The second kappa shape index (κ2) is 19.2. The molecule has 0 aromatic heterocycles. The Kier molecular flexibility index (Phi) is 23.3. The summed E-state index contributed by atoms with van der Waals surface area (Å²) in [6.45, 7) is 2.19. The summed E-state index contributed by atoms with van der Waals surface area (Å²) in [7, 11) is -4.82. The number of esters is 1. The summed E-state index contributed by atoms with van der Waals surface area (Å²) >= 11 is 0. The molecule has 0 bridgehead atoms. The Balaban J connectivity index is -0.00000264. The van der Waals surface area contributed by atoms with Crippen LogP contribution in [0.3, 0.4) is 0 Å². The van der Waals surface area contributed by atoms with Crippen LogP contribution < -0.4 is 64.2 Å². The molecule has 0 aliphatic rings. The van der Waals surface area contributed by atoms with Gasteiger partial charge in [-0.2, -0.15) is 8.42 Å². The maximum Gasteiger partial charge on any atom is 1.00 e. The largest absolute Gasteiger partial charge is 1.00 e. The predicted octanol–water partition coefficient (Wildman–Crippen LogP) is -4.15. The molecule has 0 aromatic carbocycles. The zero-order chi connectivity index (χ0) is 18.4. The normalized spacial score (nSPS) is 11.8. The summed E-state index contributed by atoms with van der Waals surface area (Å²) in [4.78, 5) is 22.0. The monoisotopic (exact) mass is 411 g/mol.